The number of fused-ring (bicyclic) bond motifs is 5. The maximum Gasteiger partial charge on any atom is 0.410 e. The van der Waals surface area contributed by atoms with Crippen LogP contribution < -0.4 is 10.9 Å². The smallest absolute Gasteiger partial charge is 0.410 e. The second-order valence-corrected chi connectivity index (χ2v) is 13.0. The largest absolute Gasteiger partial charge is 0.446 e. The average molecular weight is 509 g/mol. The number of rotatable bonds is 2. The number of hydrogen-bond donors (Lipinski definition) is 1. The highest BCUT2D eigenvalue weighted by Crippen LogP contribution is 2.67. The average Bonchev–Trinajstić information content (AvgIpc) is 3.22. The molecule has 6 rings (SSSR count). The van der Waals surface area contributed by atoms with Gasteiger partial charge in [-0.3, -0.25) is 0 Å². The minimum atomic E-state index is -0.268. The Morgan fingerprint density at radius 3 is 2.81 bits per heavy atom. The molecule has 1 saturated heterocycles. The fourth-order valence-electron chi connectivity index (χ4n) is 9.13. The van der Waals surface area contributed by atoms with Crippen molar-refractivity contribution in [2.45, 2.75) is 90.1 Å². The monoisotopic (exact) mass is 508 g/mol. The molecule has 6 nitrogen and oxygen atoms in total. The Bertz CT molecular complexity index is 1070. The van der Waals surface area contributed by atoms with Crippen molar-refractivity contribution in [3.05, 3.63) is 46.0 Å². The van der Waals surface area contributed by atoms with E-state index < -0.39 is 0 Å². The van der Waals surface area contributed by atoms with Gasteiger partial charge < -0.3 is 19.4 Å². The topological polar surface area (TPSA) is 71.8 Å². The Morgan fingerprint density at radius 2 is 1.97 bits per heavy atom. The minimum Gasteiger partial charge on any atom is -0.446 e. The van der Waals surface area contributed by atoms with E-state index in [0.29, 0.717) is 23.2 Å². The van der Waals surface area contributed by atoms with Crippen molar-refractivity contribution in [1.82, 2.24) is 10.2 Å². The summed E-state index contributed by atoms with van der Waals surface area (Å²) in [7, 11) is 0. The van der Waals surface area contributed by atoms with Crippen molar-refractivity contribution in [2.75, 3.05) is 26.2 Å². The van der Waals surface area contributed by atoms with E-state index >= 15 is 0 Å². The Labute approximate surface area is 221 Å². The number of amides is 1. The molecular weight excluding hydrogens is 464 g/mol. The highest BCUT2D eigenvalue weighted by atomic mass is 16.6. The first-order valence-electron chi connectivity index (χ1n) is 14.8. The van der Waals surface area contributed by atoms with Crippen molar-refractivity contribution in [3.8, 4) is 0 Å². The van der Waals surface area contributed by atoms with Gasteiger partial charge in [0.2, 0.25) is 0 Å². The van der Waals surface area contributed by atoms with Gasteiger partial charge in [0.25, 0.3) is 0 Å². The summed E-state index contributed by atoms with van der Waals surface area (Å²) in [6, 6.07) is 3.56. The summed E-state index contributed by atoms with van der Waals surface area (Å²) in [5, 5.41) is 3.41. The highest BCUT2D eigenvalue weighted by Gasteiger charge is 2.58. The first kappa shape index (κ1) is 25.2. The number of carbonyl (C=O) groups excluding carboxylic acids is 1. The van der Waals surface area contributed by atoms with Crippen molar-refractivity contribution < 1.29 is 13.9 Å². The van der Waals surface area contributed by atoms with E-state index in [1.54, 1.807) is 17.9 Å². The zero-order chi connectivity index (χ0) is 25.6. The van der Waals surface area contributed by atoms with Crippen molar-refractivity contribution in [3.63, 3.8) is 0 Å². The van der Waals surface area contributed by atoms with Crippen LogP contribution in [0.2, 0.25) is 0 Å². The summed E-state index contributed by atoms with van der Waals surface area (Å²) in [5.41, 5.74) is 3.08. The molecule has 5 aliphatic rings. The standard InChI is InChI=1S/C31H44N2O4/c1-30-13-11-23(37-29(35)33-17-4-3-15-32-16-18-33)19-22(30)6-7-24-26-9-8-25(21-5-10-28(34)36-20-21)31(26,2)14-12-27(24)30/h5,9-10,20,22-25,27,32H,3-4,6-8,11-19H2,1-2H3. The van der Waals surface area contributed by atoms with Gasteiger partial charge in [-0.2, -0.15) is 0 Å². The normalized spacial score (nSPS) is 39.9. The second kappa shape index (κ2) is 9.91. The Kier molecular flexibility index (Phi) is 6.75. The predicted octanol–water partition coefficient (Wildman–Crippen LogP) is 5.88. The van der Waals surface area contributed by atoms with Gasteiger partial charge in [0.1, 0.15) is 6.10 Å². The summed E-state index contributed by atoms with van der Waals surface area (Å²) >= 11 is 0. The zero-order valence-electron chi connectivity index (χ0n) is 22.7. The van der Waals surface area contributed by atoms with E-state index in [1.807, 2.05) is 11.0 Å². The van der Waals surface area contributed by atoms with Gasteiger partial charge in [0, 0.05) is 25.7 Å². The van der Waals surface area contributed by atoms with Crippen LogP contribution in [0.15, 0.2) is 39.3 Å². The molecule has 0 bridgehead atoms. The van der Waals surface area contributed by atoms with Crippen LogP contribution in [-0.2, 0) is 4.74 Å². The summed E-state index contributed by atoms with van der Waals surface area (Å²) < 4.78 is 11.4. The molecule has 0 aromatic carbocycles. The molecule has 6 heteroatoms. The molecule has 0 spiro atoms. The lowest BCUT2D eigenvalue weighted by Crippen LogP contribution is -2.52. The molecule has 4 aliphatic carbocycles. The Balaban J connectivity index is 1.12. The number of ether oxygens (including phenoxy) is 1. The van der Waals surface area contributed by atoms with Crippen LogP contribution in [0.3, 0.4) is 0 Å². The van der Waals surface area contributed by atoms with E-state index in [-0.39, 0.29) is 23.2 Å². The second-order valence-electron chi connectivity index (χ2n) is 13.0. The molecule has 1 aliphatic heterocycles. The molecule has 7 unspecified atom stereocenters. The van der Waals surface area contributed by atoms with Crippen LogP contribution in [0.1, 0.15) is 89.5 Å². The molecule has 202 valence electrons. The molecular formula is C31H44N2O4. The zero-order valence-corrected chi connectivity index (χ0v) is 22.7. The first-order valence-corrected chi connectivity index (χ1v) is 14.8. The quantitative estimate of drug-likeness (QED) is 0.506. The van der Waals surface area contributed by atoms with Gasteiger partial charge in [-0.15, -0.1) is 0 Å². The third-order valence-electron chi connectivity index (χ3n) is 11.3. The van der Waals surface area contributed by atoms with Crippen molar-refractivity contribution >= 4 is 6.09 Å². The summed E-state index contributed by atoms with van der Waals surface area (Å²) in [6.07, 6.45) is 15.6. The van der Waals surface area contributed by atoms with E-state index in [1.165, 1.54) is 31.2 Å². The lowest BCUT2D eigenvalue weighted by Gasteiger charge is -2.59. The number of carbonyl (C=O) groups is 1. The number of hydrogen-bond acceptors (Lipinski definition) is 5. The molecule has 37 heavy (non-hydrogen) atoms. The fourth-order valence-corrected chi connectivity index (χ4v) is 9.13. The van der Waals surface area contributed by atoms with Gasteiger partial charge in [0.05, 0.1) is 6.26 Å². The number of nitrogens with one attached hydrogen (secondary N) is 1. The van der Waals surface area contributed by atoms with E-state index in [4.69, 9.17) is 9.15 Å². The van der Waals surface area contributed by atoms with Crippen molar-refractivity contribution in [1.29, 1.82) is 0 Å². The van der Waals surface area contributed by atoms with Crippen LogP contribution in [-0.4, -0.2) is 43.3 Å². The van der Waals surface area contributed by atoms with Crippen LogP contribution in [0.5, 0.6) is 0 Å². The SMILES string of the molecule is CC12CCC3C(CCC4CC(OC(=O)N5CCCCNCC5)CCC43C)C1=CCC2c1ccc(=O)oc1. The fraction of sp³-hybridized carbons (Fsp3) is 0.742. The lowest BCUT2D eigenvalue weighted by atomic mass is 9.46. The summed E-state index contributed by atoms with van der Waals surface area (Å²) in [6.45, 7) is 8.50. The van der Waals surface area contributed by atoms with Gasteiger partial charge in [-0.25, -0.2) is 9.59 Å². The molecule has 1 N–H and O–H groups in total. The third-order valence-corrected chi connectivity index (χ3v) is 11.3. The van der Waals surface area contributed by atoms with E-state index in [2.05, 4.69) is 25.2 Å². The number of nitrogens with zero attached hydrogens (tertiary/aromatic N) is 1. The molecule has 2 heterocycles. The molecule has 1 amide bonds. The van der Waals surface area contributed by atoms with E-state index in [9.17, 15) is 9.59 Å². The van der Waals surface area contributed by atoms with Gasteiger partial charge in [-0.1, -0.05) is 25.5 Å². The number of allylic oxidation sites excluding steroid dienone is 2. The van der Waals surface area contributed by atoms with Crippen LogP contribution in [0, 0.1) is 28.6 Å². The third kappa shape index (κ3) is 4.47. The van der Waals surface area contributed by atoms with Gasteiger partial charge in [0.15, 0.2) is 0 Å². The van der Waals surface area contributed by atoms with Gasteiger partial charge in [-0.05, 0) is 117 Å². The van der Waals surface area contributed by atoms with Crippen molar-refractivity contribution in [2.24, 2.45) is 28.6 Å². The first-order chi connectivity index (χ1) is 17.9. The maximum atomic E-state index is 13.0. The van der Waals surface area contributed by atoms with Crippen LogP contribution in [0.25, 0.3) is 0 Å². The molecule has 1 aromatic heterocycles. The highest BCUT2D eigenvalue weighted by molar-refractivity contribution is 5.67. The molecule has 1 aromatic rings. The lowest BCUT2D eigenvalue weighted by molar-refractivity contribution is -0.0871. The maximum absolute atomic E-state index is 13.0. The summed E-state index contributed by atoms with van der Waals surface area (Å²) in [5.74, 6) is 2.43. The molecule has 3 saturated carbocycles. The predicted molar refractivity (Wildman–Crippen MR) is 143 cm³/mol. The van der Waals surface area contributed by atoms with E-state index in [0.717, 1.165) is 70.6 Å². The minimum absolute atomic E-state index is 0.0668. The molecule has 7 atom stereocenters. The Hall–Kier alpha value is -2.08. The van der Waals surface area contributed by atoms with Crippen LogP contribution >= 0.6 is 0 Å². The summed E-state index contributed by atoms with van der Waals surface area (Å²) in [4.78, 5) is 26.4. The molecule has 4 fully saturated rings. The Morgan fingerprint density at radius 1 is 1.08 bits per heavy atom. The molecule has 0 radical (unpaired) electrons. The van der Waals surface area contributed by atoms with Gasteiger partial charge >= 0.3 is 11.7 Å². The van der Waals surface area contributed by atoms with Crippen LogP contribution in [0.4, 0.5) is 4.79 Å².